The van der Waals surface area contributed by atoms with Gasteiger partial charge in [-0.2, -0.15) is 0 Å². The molecule has 0 bridgehead atoms. The number of aliphatic hydroxyl groups is 1. The molecule has 1 unspecified atom stereocenters. The van der Waals surface area contributed by atoms with Crippen LogP contribution in [0.3, 0.4) is 0 Å². The van der Waals surface area contributed by atoms with Crippen LogP contribution in [0, 0.1) is 12.8 Å². The predicted octanol–water partition coefficient (Wildman–Crippen LogP) is 2.56. The highest BCUT2D eigenvalue weighted by Crippen LogP contribution is 2.39. The number of aliphatic hydroxyl groups excluding tert-OH is 1. The number of hydrogen-bond donors (Lipinski definition) is 1. The van der Waals surface area contributed by atoms with E-state index in [0.717, 1.165) is 29.9 Å². The molecular weight excluding hydrogens is 266 g/mol. The van der Waals surface area contributed by atoms with Gasteiger partial charge in [0, 0.05) is 7.11 Å². The molecule has 1 aromatic heterocycles. The maximum Gasteiger partial charge on any atom is 0.176 e. The maximum absolute atomic E-state index is 9.38. The van der Waals surface area contributed by atoms with E-state index in [1.807, 2.05) is 35.9 Å². The Labute approximate surface area is 124 Å². The van der Waals surface area contributed by atoms with E-state index in [4.69, 9.17) is 4.74 Å². The number of para-hydroxylation sites is 1. The van der Waals surface area contributed by atoms with Crippen molar-refractivity contribution in [2.45, 2.75) is 38.9 Å². The van der Waals surface area contributed by atoms with Gasteiger partial charge < -0.3 is 9.84 Å². The molecule has 1 fully saturated rings. The lowest BCUT2D eigenvalue weighted by Crippen LogP contribution is -2.24. The molecule has 0 saturated heterocycles. The number of ether oxygens (including phenoxy) is 1. The van der Waals surface area contributed by atoms with Crippen LogP contribution in [0.4, 0.5) is 0 Å². The second-order valence-corrected chi connectivity index (χ2v) is 5.59. The number of aromatic nitrogens is 3. The third-order valence-electron chi connectivity index (χ3n) is 4.25. The van der Waals surface area contributed by atoms with Crippen LogP contribution in [0.5, 0.6) is 0 Å². The van der Waals surface area contributed by atoms with Crippen molar-refractivity contribution in [3.8, 4) is 5.69 Å². The first kappa shape index (κ1) is 14.2. The van der Waals surface area contributed by atoms with E-state index >= 15 is 0 Å². The van der Waals surface area contributed by atoms with Gasteiger partial charge >= 0.3 is 0 Å². The first-order valence-electron chi connectivity index (χ1n) is 7.40. The Morgan fingerprint density at radius 2 is 2.14 bits per heavy atom. The fourth-order valence-electron chi connectivity index (χ4n) is 2.85. The van der Waals surface area contributed by atoms with E-state index in [0.29, 0.717) is 11.7 Å². The molecule has 1 saturated carbocycles. The lowest BCUT2D eigenvalue weighted by molar-refractivity contribution is 0.0102. The van der Waals surface area contributed by atoms with Gasteiger partial charge in [0.2, 0.25) is 0 Å². The highest BCUT2D eigenvalue weighted by molar-refractivity contribution is 5.40. The zero-order valence-corrected chi connectivity index (χ0v) is 12.5. The molecule has 1 aromatic carbocycles. The number of benzene rings is 1. The molecule has 112 valence electrons. The minimum Gasteiger partial charge on any atom is -0.388 e. The molecule has 1 heterocycles. The summed E-state index contributed by atoms with van der Waals surface area (Å²) in [5.41, 5.74) is 2.11. The Balaban J connectivity index is 2.07. The van der Waals surface area contributed by atoms with Crippen molar-refractivity contribution >= 4 is 0 Å². The number of nitrogens with zero attached hydrogens (tertiary/aromatic N) is 3. The Morgan fingerprint density at radius 3 is 2.71 bits per heavy atom. The van der Waals surface area contributed by atoms with E-state index in [9.17, 15) is 5.11 Å². The van der Waals surface area contributed by atoms with Gasteiger partial charge in [0.05, 0.1) is 5.69 Å². The summed E-state index contributed by atoms with van der Waals surface area (Å²) in [6, 6.07) is 8.05. The van der Waals surface area contributed by atoms with Crippen molar-refractivity contribution in [2.75, 3.05) is 7.11 Å². The zero-order chi connectivity index (χ0) is 14.8. The first-order valence-corrected chi connectivity index (χ1v) is 7.40. The van der Waals surface area contributed by atoms with Gasteiger partial charge in [-0.1, -0.05) is 24.6 Å². The molecule has 5 nitrogen and oxygen atoms in total. The lowest BCUT2D eigenvalue weighted by atomic mass is 9.80. The minimum atomic E-state index is -0.160. The second-order valence-electron chi connectivity index (χ2n) is 5.59. The van der Waals surface area contributed by atoms with E-state index in [1.165, 1.54) is 6.42 Å². The molecule has 1 aliphatic carbocycles. The molecule has 21 heavy (non-hydrogen) atoms. The lowest BCUT2D eigenvalue weighted by Gasteiger charge is -2.32. The number of aryl methyl sites for hydroxylation is 1. The predicted molar refractivity (Wildman–Crippen MR) is 79.1 cm³/mol. The molecule has 1 atom stereocenters. The van der Waals surface area contributed by atoms with Gasteiger partial charge in [-0.05, 0) is 37.3 Å². The monoisotopic (exact) mass is 287 g/mol. The molecule has 2 aromatic rings. The topological polar surface area (TPSA) is 60.2 Å². The molecule has 0 amide bonds. The zero-order valence-electron chi connectivity index (χ0n) is 12.5. The van der Waals surface area contributed by atoms with Crippen molar-refractivity contribution in [1.29, 1.82) is 0 Å². The molecule has 5 heteroatoms. The van der Waals surface area contributed by atoms with Crippen molar-refractivity contribution in [2.24, 2.45) is 5.92 Å². The summed E-state index contributed by atoms with van der Waals surface area (Å²) in [7, 11) is 1.72. The Morgan fingerprint density at radius 1 is 1.38 bits per heavy atom. The second kappa shape index (κ2) is 5.95. The van der Waals surface area contributed by atoms with Crippen molar-refractivity contribution < 1.29 is 9.84 Å². The summed E-state index contributed by atoms with van der Waals surface area (Å²) in [5, 5.41) is 13.8. The third kappa shape index (κ3) is 2.59. The SMILES string of the molecule is COC(c1nc(CO)nn1-c1ccccc1C)C1CCC1. The average molecular weight is 287 g/mol. The molecular formula is C16H21N3O2. The molecule has 1 N–H and O–H groups in total. The minimum absolute atomic E-state index is 0.0637. The quantitative estimate of drug-likeness (QED) is 0.918. The highest BCUT2D eigenvalue weighted by Gasteiger charge is 2.33. The Hall–Kier alpha value is -1.72. The van der Waals surface area contributed by atoms with Crippen LogP contribution >= 0.6 is 0 Å². The summed E-state index contributed by atoms with van der Waals surface area (Å²) in [6.07, 6.45) is 3.50. The average Bonchev–Trinajstić information content (AvgIpc) is 2.87. The standard InChI is InChI=1S/C16H21N3O2/c1-11-6-3-4-9-13(11)19-16(17-14(10-20)18-19)15(21-2)12-7-5-8-12/h3-4,6,9,12,15,20H,5,7-8,10H2,1-2H3. The van der Waals surface area contributed by atoms with E-state index in [-0.39, 0.29) is 12.7 Å². The van der Waals surface area contributed by atoms with Gasteiger partial charge in [0.25, 0.3) is 0 Å². The highest BCUT2D eigenvalue weighted by atomic mass is 16.5. The largest absolute Gasteiger partial charge is 0.388 e. The summed E-state index contributed by atoms with van der Waals surface area (Å²) < 4.78 is 7.52. The molecule has 3 rings (SSSR count). The smallest absolute Gasteiger partial charge is 0.176 e. The van der Waals surface area contributed by atoms with E-state index in [1.54, 1.807) is 7.11 Å². The maximum atomic E-state index is 9.38. The van der Waals surface area contributed by atoms with Crippen LogP contribution in [0.25, 0.3) is 5.69 Å². The van der Waals surface area contributed by atoms with Crippen LogP contribution in [-0.4, -0.2) is 27.0 Å². The third-order valence-corrected chi connectivity index (χ3v) is 4.25. The van der Waals surface area contributed by atoms with Crippen molar-refractivity contribution in [3.05, 3.63) is 41.5 Å². The molecule has 0 aliphatic heterocycles. The van der Waals surface area contributed by atoms with Gasteiger partial charge in [0.15, 0.2) is 11.6 Å². The fourth-order valence-corrected chi connectivity index (χ4v) is 2.85. The van der Waals surface area contributed by atoms with Crippen LogP contribution in [0.15, 0.2) is 24.3 Å². The van der Waals surface area contributed by atoms with Crippen LogP contribution < -0.4 is 0 Å². The fraction of sp³-hybridized carbons (Fsp3) is 0.500. The molecule has 0 radical (unpaired) electrons. The summed E-state index contributed by atoms with van der Waals surface area (Å²) in [5.74, 6) is 1.73. The number of rotatable bonds is 5. The van der Waals surface area contributed by atoms with Gasteiger partial charge in [-0.25, -0.2) is 9.67 Å². The normalized spacial score (nSPS) is 16.7. The number of methoxy groups -OCH3 is 1. The van der Waals surface area contributed by atoms with Crippen molar-refractivity contribution in [3.63, 3.8) is 0 Å². The van der Waals surface area contributed by atoms with Crippen molar-refractivity contribution in [1.82, 2.24) is 14.8 Å². The summed E-state index contributed by atoms with van der Waals surface area (Å²) >= 11 is 0. The summed E-state index contributed by atoms with van der Waals surface area (Å²) in [6.45, 7) is 1.89. The van der Waals surface area contributed by atoms with E-state index < -0.39 is 0 Å². The Kier molecular flexibility index (Phi) is 4.03. The van der Waals surface area contributed by atoms with Crippen LogP contribution in [-0.2, 0) is 11.3 Å². The van der Waals surface area contributed by atoms with E-state index in [2.05, 4.69) is 10.1 Å². The number of hydrogen-bond acceptors (Lipinski definition) is 4. The van der Waals surface area contributed by atoms with Crippen LogP contribution in [0.1, 0.15) is 42.6 Å². The van der Waals surface area contributed by atoms with Gasteiger partial charge in [-0.15, -0.1) is 5.10 Å². The van der Waals surface area contributed by atoms with Crippen LogP contribution in [0.2, 0.25) is 0 Å². The first-order chi connectivity index (χ1) is 10.2. The van der Waals surface area contributed by atoms with Gasteiger partial charge in [-0.3, -0.25) is 0 Å². The molecule has 0 spiro atoms. The molecule has 1 aliphatic rings. The Bertz CT molecular complexity index is 620. The van der Waals surface area contributed by atoms with Gasteiger partial charge in [0.1, 0.15) is 12.7 Å². The summed E-state index contributed by atoms with van der Waals surface area (Å²) in [4.78, 5) is 4.50.